The highest BCUT2D eigenvalue weighted by Crippen LogP contribution is 2.21. The van der Waals surface area contributed by atoms with Crippen LogP contribution >= 0.6 is 11.8 Å². The van der Waals surface area contributed by atoms with E-state index in [1.165, 1.54) is 36.2 Å². The van der Waals surface area contributed by atoms with E-state index < -0.39 is 5.75 Å². The van der Waals surface area contributed by atoms with Gasteiger partial charge in [0.05, 0.1) is 19.0 Å². The Balaban J connectivity index is 1.82. The number of H-pyrrole nitrogens is 1. The van der Waals surface area contributed by atoms with E-state index in [0.717, 1.165) is 5.16 Å². The second kappa shape index (κ2) is 6.75. The lowest BCUT2D eigenvalue weighted by Gasteiger charge is -2.07. The van der Waals surface area contributed by atoms with Crippen LogP contribution in [0.15, 0.2) is 34.8 Å². The van der Waals surface area contributed by atoms with Crippen LogP contribution < -0.4 is 15.1 Å². The van der Waals surface area contributed by atoms with E-state index in [9.17, 15) is 15.0 Å². The topological polar surface area (TPSA) is 117 Å². The van der Waals surface area contributed by atoms with Crippen LogP contribution in [-0.4, -0.2) is 33.2 Å². The Morgan fingerprint density at radius 2 is 2.48 bits per heavy atom. The number of carbonyl (C=O) groups excluding carboxylic acids is 1. The van der Waals surface area contributed by atoms with Gasteiger partial charge in [0.2, 0.25) is 0 Å². The van der Waals surface area contributed by atoms with E-state index >= 15 is 0 Å². The van der Waals surface area contributed by atoms with Gasteiger partial charge in [-0.2, -0.15) is 5.10 Å². The summed E-state index contributed by atoms with van der Waals surface area (Å²) in [5, 5.41) is 31.3. The Kier molecular flexibility index (Phi) is 4.77. The van der Waals surface area contributed by atoms with Gasteiger partial charge in [-0.25, -0.2) is 9.99 Å². The van der Waals surface area contributed by atoms with Gasteiger partial charge in [0.25, 0.3) is 17.4 Å². The standard InChI is InChI=1S/C12H13N5O3S/c1-17-7-14-16-12(17)21-6-11(20)15-13-5-8-2-3-9(18)10(19)4-8/h2-5,7H,6H2,1H3,(H3,13,15,18,19,20). The van der Waals surface area contributed by atoms with E-state index in [-0.39, 0.29) is 17.4 Å². The molecular weight excluding hydrogens is 294 g/mol. The van der Waals surface area contributed by atoms with Crippen LogP contribution in [0.1, 0.15) is 5.56 Å². The zero-order valence-electron chi connectivity index (χ0n) is 11.1. The smallest absolute Gasteiger partial charge is 0.293 e. The first-order chi connectivity index (χ1) is 10.1. The molecule has 0 fully saturated rings. The van der Waals surface area contributed by atoms with Crippen molar-refractivity contribution in [1.82, 2.24) is 15.6 Å². The number of phenols is 1. The maximum absolute atomic E-state index is 11.6. The van der Waals surface area contributed by atoms with Gasteiger partial charge in [-0.05, 0) is 23.4 Å². The predicted octanol–water partition coefficient (Wildman–Crippen LogP) is -0.744. The number of aromatic hydroxyl groups is 1. The largest absolute Gasteiger partial charge is 0.870 e. The van der Waals surface area contributed by atoms with Gasteiger partial charge in [0.15, 0.2) is 0 Å². The molecule has 21 heavy (non-hydrogen) atoms. The van der Waals surface area contributed by atoms with Gasteiger partial charge < -0.3 is 10.2 Å². The third-order valence-electron chi connectivity index (χ3n) is 2.44. The number of hydrogen-bond donors (Lipinski definition) is 3. The fraction of sp³-hybridized carbons (Fsp3) is 0.167. The number of nitrogens with one attached hydrogen (secondary N) is 2. The molecule has 0 saturated heterocycles. The van der Waals surface area contributed by atoms with Gasteiger partial charge in [-0.15, -0.1) is 5.10 Å². The van der Waals surface area contributed by atoms with Crippen LogP contribution in [0.2, 0.25) is 0 Å². The monoisotopic (exact) mass is 307 g/mol. The van der Waals surface area contributed by atoms with Gasteiger partial charge >= 0.3 is 0 Å². The van der Waals surface area contributed by atoms with E-state index in [1.54, 1.807) is 10.9 Å². The second-order valence-electron chi connectivity index (χ2n) is 4.08. The molecule has 8 nitrogen and oxygen atoms in total. The molecule has 9 heteroatoms. The van der Waals surface area contributed by atoms with Crippen molar-refractivity contribution in [2.75, 3.05) is 5.75 Å². The first-order valence-corrected chi connectivity index (χ1v) is 6.88. The van der Waals surface area contributed by atoms with Gasteiger partial charge in [0.1, 0.15) is 5.75 Å². The number of hydrazone groups is 1. The zero-order chi connectivity index (χ0) is 15.2. The lowest BCUT2D eigenvalue weighted by molar-refractivity contribution is -0.709. The number of aromatic amines is 1. The van der Waals surface area contributed by atoms with Crippen molar-refractivity contribution in [3.63, 3.8) is 0 Å². The van der Waals surface area contributed by atoms with E-state index in [4.69, 9.17) is 0 Å². The lowest BCUT2D eigenvalue weighted by Crippen LogP contribution is -2.28. The fourth-order valence-corrected chi connectivity index (χ4v) is 2.10. The summed E-state index contributed by atoms with van der Waals surface area (Å²) in [6, 6.07) is 4.00. The first kappa shape index (κ1) is 14.9. The number of aryl methyl sites for hydroxylation is 1. The lowest BCUT2D eigenvalue weighted by atomic mass is 10.2. The SMILES string of the molecule is C[n+]1cn[nH]c1SCC(=O)NN=Cc1ccc([O-])c(O)c1. The average Bonchev–Trinajstić information content (AvgIpc) is 2.86. The summed E-state index contributed by atoms with van der Waals surface area (Å²) in [6.07, 6.45) is 2.95. The number of hydrogen-bond acceptors (Lipinski definition) is 6. The highest BCUT2D eigenvalue weighted by atomic mass is 32.2. The van der Waals surface area contributed by atoms with Crippen LogP contribution in [0, 0.1) is 0 Å². The number of rotatable bonds is 5. The number of benzene rings is 1. The molecule has 1 aromatic carbocycles. The molecule has 0 aliphatic carbocycles. The van der Waals surface area contributed by atoms with Crippen molar-refractivity contribution in [3.8, 4) is 11.5 Å². The van der Waals surface area contributed by atoms with Gasteiger partial charge in [-0.1, -0.05) is 17.9 Å². The van der Waals surface area contributed by atoms with Gasteiger partial charge in [-0.3, -0.25) is 4.79 Å². The third kappa shape index (κ3) is 4.21. The minimum absolute atomic E-state index is 0.179. The molecule has 0 atom stereocenters. The van der Waals surface area contributed by atoms with Gasteiger partial charge in [0, 0.05) is 5.10 Å². The Labute approximate surface area is 124 Å². The van der Waals surface area contributed by atoms with Crippen molar-refractivity contribution < 1.29 is 19.6 Å². The molecule has 0 aliphatic rings. The number of aromatic nitrogens is 3. The zero-order valence-corrected chi connectivity index (χ0v) is 11.9. The highest BCUT2D eigenvalue weighted by molar-refractivity contribution is 7.99. The molecule has 0 unspecified atom stereocenters. The number of amides is 1. The summed E-state index contributed by atoms with van der Waals surface area (Å²) >= 11 is 1.29. The number of phenolic OH excluding ortho intramolecular Hbond substituents is 1. The molecule has 0 bridgehead atoms. The summed E-state index contributed by atoms with van der Waals surface area (Å²) < 4.78 is 1.76. The summed E-state index contributed by atoms with van der Waals surface area (Å²) in [4.78, 5) is 11.6. The normalized spacial score (nSPS) is 10.9. The Morgan fingerprint density at radius 1 is 1.67 bits per heavy atom. The summed E-state index contributed by atoms with van der Waals surface area (Å²) in [7, 11) is 1.81. The summed E-state index contributed by atoms with van der Waals surface area (Å²) in [5.41, 5.74) is 2.87. The Bertz CT molecular complexity index is 671. The predicted molar refractivity (Wildman–Crippen MR) is 73.8 cm³/mol. The average molecular weight is 307 g/mol. The maximum Gasteiger partial charge on any atom is 0.293 e. The minimum Gasteiger partial charge on any atom is -0.870 e. The summed E-state index contributed by atoms with van der Waals surface area (Å²) in [5.74, 6) is -0.916. The number of carbonyl (C=O) groups is 1. The molecule has 2 rings (SSSR count). The van der Waals surface area contributed by atoms with Crippen molar-refractivity contribution in [3.05, 3.63) is 30.1 Å². The number of nitrogens with zero attached hydrogens (tertiary/aromatic N) is 3. The minimum atomic E-state index is -0.458. The quantitative estimate of drug-likeness (QED) is 0.291. The van der Waals surface area contributed by atoms with E-state index in [0.29, 0.717) is 5.56 Å². The molecule has 0 saturated carbocycles. The molecule has 0 spiro atoms. The second-order valence-corrected chi connectivity index (χ2v) is 5.05. The van der Waals surface area contributed by atoms with Crippen LogP contribution in [-0.2, 0) is 11.8 Å². The van der Waals surface area contributed by atoms with Crippen LogP contribution in [0.4, 0.5) is 0 Å². The summed E-state index contributed by atoms with van der Waals surface area (Å²) in [6.45, 7) is 0. The van der Waals surface area contributed by atoms with Crippen molar-refractivity contribution in [2.24, 2.45) is 12.1 Å². The third-order valence-corrected chi connectivity index (χ3v) is 3.50. The molecule has 2 aromatic rings. The van der Waals surface area contributed by atoms with Crippen LogP contribution in [0.5, 0.6) is 11.5 Å². The number of thioether (sulfide) groups is 1. The van der Waals surface area contributed by atoms with Crippen LogP contribution in [0.3, 0.4) is 0 Å². The maximum atomic E-state index is 11.6. The van der Waals surface area contributed by atoms with Crippen molar-refractivity contribution in [2.45, 2.75) is 5.16 Å². The van der Waals surface area contributed by atoms with Crippen molar-refractivity contribution >= 4 is 23.9 Å². The molecule has 0 radical (unpaired) electrons. The first-order valence-electron chi connectivity index (χ1n) is 5.90. The fourth-order valence-electron chi connectivity index (χ4n) is 1.40. The molecule has 3 N–H and O–H groups in total. The molecule has 0 aliphatic heterocycles. The molecule has 1 amide bonds. The molecule has 110 valence electrons. The van der Waals surface area contributed by atoms with E-state index in [2.05, 4.69) is 20.7 Å². The molecule has 1 heterocycles. The van der Waals surface area contributed by atoms with Crippen molar-refractivity contribution in [1.29, 1.82) is 0 Å². The molecular formula is C12H13N5O3S. The highest BCUT2D eigenvalue weighted by Gasteiger charge is 2.10. The Hall–Kier alpha value is -2.55. The van der Waals surface area contributed by atoms with Crippen LogP contribution in [0.25, 0.3) is 0 Å². The Morgan fingerprint density at radius 3 is 3.14 bits per heavy atom. The molecule has 1 aromatic heterocycles. The van der Waals surface area contributed by atoms with E-state index in [1.807, 2.05) is 7.05 Å².